The van der Waals surface area contributed by atoms with E-state index in [9.17, 15) is 4.79 Å². The van der Waals surface area contributed by atoms with E-state index in [0.717, 1.165) is 11.3 Å². The summed E-state index contributed by atoms with van der Waals surface area (Å²) in [5.41, 5.74) is 2.75. The van der Waals surface area contributed by atoms with Crippen LogP contribution in [0, 0.1) is 0 Å². The number of nitrogens with zero attached hydrogens (tertiary/aromatic N) is 1. The van der Waals surface area contributed by atoms with Crippen molar-refractivity contribution in [3.63, 3.8) is 0 Å². The molecule has 0 radical (unpaired) electrons. The summed E-state index contributed by atoms with van der Waals surface area (Å²) in [5, 5.41) is 3.10. The molecule has 0 spiro atoms. The van der Waals surface area contributed by atoms with E-state index in [1.807, 2.05) is 42.5 Å². The third kappa shape index (κ3) is 3.49. The number of hydrogen-bond acceptors (Lipinski definition) is 3. The molecule has 0 aliphatic heterocycles. The minimum atomic E-state index is -0.130. The summed E-state index contributed by atoms with van der Waals surface area (Å²) in [6.45, 7) is 0. The summed E-state index contributed by atoms with van der Waals surface area (Å²) in [7, 11) is 0. The SMILES string of the molecule is O=c1cc(-c2ccccc2)nc(SCc2cccc3ccccc23)[nH]1. The fraction of sp³-hybridized carbons (Fsp3) is 0.0476. The molecule has 0 amide bonds. The second kappa shape index (κ2) is 6.95. The molecule has 0 unspecified atom stereocenters. The number of benzene rings is 3. The van der Waals surface area contributed by atoms with Crippen LogP contribution in [-0.2, 0) is 5.75 Å². The topological polar surface area (TPSA) is 45.8 Å². The van der Waals surface area contributed by atoms with Crippen LogP contribution in [0.2, 0.25) is 0 Å². The second-order valence-corrected chi connectivity index (χ2v) is 6.69. The van der Waals surface area contributed by atoms with Gasteiger partial charge < -0.3 is 4.98 Å². The third-order valence-corrected chi connectivity index (χ3v) is 4.96. The lowest BCUT2D eigenvalue weighted by molar-refractivity contribution is 0.942. The Morgan fingerprint density at radius 3 is 2.52 bits per heavy atom. The first-order chi connectivity index (χ1) is 12.3. The van der Waals surface area contributed by atoms with Gasteiger partial charge in [0.15, 0.2) is 5.16 Å². The highest BCUT2D eigenvalue weighted by Gasteiger charge is 2.06. The van der Waals surface area contributed by atoms with E-state index in [0.29, 0.717) is 10.9 Å². The van der Waals surface area contributed by atoms with Crippen molar-refractivity contribution in [1.29, 1.82) is 0 Å². The van der Waals surface area contributed by atoms with Crippen molar-refractivity contribution in [2.75, 3.05) is 0 Å². The molecule has 1 N–H and O–H groups in total. The summed E-state index contributed by atoms with van der Waals surface area (Å²) in [6.07, 6.45) is 0. The van der Waals surface area contributed by atoms with Crippen LogP contribution in [-0.4, -0.2) is 9.97 Å². The number of fused-ring (bicyclic) bond motifs is 1. The van der Waals surface area contributed by atoms with Crippen molar-refractivity contribution in [2.24, 2.45) is 0 Å². The lowest BCUT2D eigenvalue weighted by Crippen LogP contribution is -2.08. The Morgan fingerprint density at radius 1 is 0.880 bits per heavy atom. The van der Waals surface area contributed by atoms with Gasteiger partial charge in [-0.25, -0.2) is 4.98 Å². The van der Waals surface area contributed by atoms with Gasteiger partial charge in [-0.15, -0.1) is 0 Å². The molecule has 25 heavy (non-hydrogen) atoms. The number of hydrogen-bond donors (Lipinski definition) is 1. The largest absolute Gasteiger partial charge is 0.301 e. The second-order valence-electron chi connectivity index (χ2n) is 5.73. The Hall–Kier alpha value is -2.85. The normalized spacial score (nSPS) is 10.9. The summed E-state index contributed by atoms with van der Waals surface area (Å²) in [4.78, 5) is 19.4. The fourth-order valence-electron chi connectivity index (χ4n) is 2.82. The van der Waals surface area contributed by atoms with E-state index in [2.05, 4.69) is 40.3 Å². The number of aromatic amines is 1. The predicted octanol–water partition coefficient (Wildman–Crippen LogP) is 4.88. The molecule has 1 aromatic heterocycles. The Kier molecular flexibility index (Phi) is 4.36. The van der Waals surface area contributed by atoms with Gasteiger partial charge >= 0.3 is 0 Å². The average molecular weight is 344 g/mol. The zero-order chi connectivity index (χ0) is 17.1. The van der Waals surface area contributed by atoms with Crippen LogP contribution in [0.5, 0.6) is 0 Å². The van der Waals surface area contributed by atoms with Gasteiger partial charge in [0, 0.05) is 17.4 Å². The average Bonchev–Trinajstić information content (AvgIpc) is 2.66. The van der Waals surface area contributed by atoms with E-state index < -0.39 is 0 Å². The highest BCUT2D eigenvalue weighted by atomic mass is 32.2. The smallest absolute Gasteiger partial charge is 0.252 e. The van der Waals surface area contributed by atoms with Crippen molar-refractivity contribution in [3.05, 3.63) is 94.8 Å². The summed E-state index contributed by atoms with van der Waals surface area (Å²) >= 11 is 1.54. The molecule has 0 saturated heterocycles. The Bertz CT molecular complexity index is 1070. The molecule has 0 fully saturated rings. The number of thioether (sulfide) groups is 1. The third-order valence-electron chi connectivity index (χ3n) is 4.03. The number of aromatic nitrogens is 2. The Balaban J connectivity index is 1.63. The van der Waals surface area contributed by atoms with E-state index in [-0.39, 0.29) is 5.56 Å². The Labute approximate surface area is 149 Å². The molecule has 0 atom stereocenters. The summed E-state index contributed by atoms with van der Waals surface area (Å²) in [5.74, 6) is 0.753. The minimum absolute atomic E-state index is 0.130. The minimum Gasteiger partial charge on any atom is -0.301 e. The van der Waals surface area contributed by atoms with Crippen molar-refractivity contribution in [2.45, 2.75) is 10.9 Å². The van der Waals surface area contributed by atoms with Gasteiger partial charge in [0.2, 0.25) is 0 Å². The first-order valence-corrected chi connectivity index (χ1v) is 9.04. The monoisotopic (exact) mass is 344 g/mol. The molecule has 0 saturated carbocycles. The number of rotatable bonds is 4. The van der Waals surface area contributed by atoms with E-state index >= 15 is 0 Å². The van der Waals surface area contributed by atoms with E-state index in [1.165, 1.54) is 22.4 Å². The van der Waals surface area contributed by atoms with Crippen LogP contribution in [0.25, 0.3) is 22.0 Å². The van der Waals surface area contributed by atoms with Gasteiger partial charge in [-0.3, -0.25) is 4.79 Å². The van der Waals surface area contributed by atoms with Crippen LogP contribution >= 0.6 is 11.8 Å². The molecule has 0 bridgehead atoms. The van der Waals surface area contributed by atoms with Crippen LogP contribution < -0.4 is 5.56 Å². The van der Waals surface area contributed by atoms with Gasteiger partial charge in [0.1, 0.15) is 0 Å². The Morgan fingerprint density at radius 2 is 1.64 bits per heavy atom. The van der Waals surface area contributed by atoms with Crippen molar-refractivity contribution < 1.29 is 0 Å². The molecular formula is C21H16N2OS. The lowest BCUT2D eigenvalue weighted by atomic mass is 10.1. The molecule has 4 aromatic rings. The van der Waals surface area contributed by atoms with E-state index in [1.54, 1.807) is 11.8 Å². The summed E-state index contributed by atoms with van der Waals surface area (Å²) < 4.78 is 0. The highest BCUT2D eigenvalue weighted by molar-refractivity contribution is 7.98. The molecule has 122 valence electrons. The molecule has 3 nitrogen and oxygen atoms in total. The van der Waals surface area contributed by atoms with E-state index in [4.69, 9.17) is 0 Å². The molecule has 1 heterocycles. The van der Waals surface area contributed by atoms with Crippen LogP contribution in [0.15, 0.2) is 88.8 Å². The predicted molar refractivity (Wildman–Crippen MR) is 104 cm³/mol. The quantitative estimate of drug-likeness (QED) is 0.424. The maximum absolute atomic E-state index is 12.0. The zero-order valence-electron chi connectivity index (χ0n) is 13.5. The number of nitrogens with one attached hydrogen (secondary N) is 1. The standard InChI is InChI=1S/C21H16N2OS/c24-20-13-19(16-8-2-1-3-9-16)22-21(23-20)25-14-17-11-6-10-15-7-4-5-12-18(15)17/h1-13H,14H2,(H,22,23,24). The molecule has 4 heteroatoms. The van der Waals surface area contributed by atoms with Gasteiger partial charge in [-0.05, 0) is 16.3 Å². The van der Waals surface area contributed by atoms with Gasteiger partial charge in [0.25, 0.3) is 5.56 Å². The maximum Gasteiger partial charge on any atom is 0.252 e. The zero-order valence-corrected chi connectivity index (χ0v) is 14.3. The van der Waals surface area contributed by atoms with Gasteiger partial charge in [0.05, 0.1) is 5.69 Å². The first kappa shape index (κ1) is 15.7. The molecule has 4 rings (SSSR count). The highest BCUT2D eigenvalue weighted by Crippen LogP contribution is 2.26. The first-order valence-electron chi connectivity index (χ1n) is 8.06. The van der Waals surface area contributed by atoms with Crippen LogP contribution in [0.3, 0.4) is 0 Å². The molecule has 3 aromatic carbocycles. The van der Waals surface area contributed by atoms with Crippen molar-refractivity contribution in [3.8, 4) is 11.3 Å². The van der Waals surface area contributed by atoms with Crippen molar-refractivity contribution >= 4 is 22.5 Å². The molecule has 0 aliphatic carbocycles. The lowest BCUT2D eigenvalue weighted by Gasteiger charge is -2.07. The molecular weight excluding hydrogens is 328 g/mol. The van der Waals surface area contributed by atoms with Gasteiger partial charge in [-0.2, -0.15) is 0 Å². The fourth-order valence-corrected chi connectivity index (χ4v) is 3.70. The van der Waals surface area contributed by atoms with Crippen molar-refractivity contribution in [1.82, 2.24) is 9.97 Å². The van der Waals surface area contributed by atoms with Gasteiger partial charge in [-0.1, -0.05) is 84.6 Å². The van der Waals surface area contributed by atoms with Crippen LogP contribution in [0.4, 0.5) is 0 Å². The maximum atomic E-state index is 12.0. The number of H-pyrrole nitrogens is 1. The van der Waals surface area contributed by atoms with Crippen LogP contribution in [0.1, 0.15) is 5.56 Å². The molecule has 0 aliphatic rings. The summed E-state index contributed by atoms with van der Waals surface area (Å²) in [6, 6.07) is 25.9.